The summed E-state index contributed by atoms with van der Waals surface area (Å²) in [6.07, 6.45) is 0. The lowest BCUT2D eigenvalue weighted by molar-refractivity contribution is -0.886. The van der Waals surface area contributed by atoms with Crippen LogP contribution in [0.5, 0.6) is 0 Å². The number of hydrogen-bond acceptors (Lipinski definition) is 4. The third-order valence-electron chi connectivity index (χ3n) is 2.93. The molecule has 118 valence electrons. The van der Waals surface area contributed by atoms with Crippen LogP contribution < -0.4 is 10.2 Å². The number of carbonyl (C=O) groups excluding carboxylic acids is 1. The second-order valence-electron chi connectivity index (χ2n) is 6.49. The first-order chi connectivity index (χ1) is 10.3. The van der Waals surface area contributed by atoms with E-state index >= 15 is 0 Å². The molecule has 0 radical (unpaired) electrons. The van der Waals surface area contributed by atoms with Gasteiger partial charge in [-0.2, -0.15) is 4.98 Å². The molecule has 2 rings (SSSR count). The Kier molecular flexibility index (Phi) is 4.92. The first kappa shape index (κ1) is 16.2. The summed E-state index contributed by atoms with van der Waals surface area (Å²) in [5.41, 5.74) is 0.697. The maximum absolute atomic E-state index is 11.9. The minimum absolute atomic E-state index is 0.00722. The number of aromatic nitrogens is 2. The lowest BCUT2D eigenvalue weighted by Gasteiger charge is -2.21. The van der Waals surface area contributed by atoms with Gasteiger partial charge >= 0.3 is 0 Å². The first-order valence-electron chi connectivity index (χ1n) is 7.34. The van der Waals surface area contributed by atoms with Crippen LogP contribution in [0.4, 0.5) is 0 Å². The number of quaternary nitrogens is 1. The lowest BCUT2D eigenvalue weighted by atomic mass is 10.1. The largest absolute Gasteiger partial charge is 0.347 e. The minimum Gasteiger partial charge on any atom is -0.347 e. The quantitative estimate of drug-likeness (QED) is 0.851. The number of nitrogens with one attached hydrogen (secondary N) is 2. The van der Waals surface area contributed by atoms with Gasteiger partial charge in [-0.3, -0.25) is 4.79 Å². The van der Waals surface area contributed by atoms with Crippen LogP contribution in [0, 0.1) is 0 Å². The fourth-order valence-corrected chi connectivity index (χ4v) is 2.09. The van der Waals surface area contributed by atoms with Gasteiger partial charge in [0, 0.05) is 11.1 Å². The summed E-state index contributed by atoms with van der Waals surface area (Å²) in [6, 6.07) is 9.67. The summed E-state index contributed by atoms with van der Waals surface area (Å²) in [7, 11) is 1.93. The van der Waals surface area contributed by atoms with Gasteiger partial charge in [0.25, 0.3) is 11.8 Å². The number of amides is 1. The molecule has 0 aliphatic carbocycles. The molecular weight excluding hydrogens is 280 g/mol. The molecular formula is C16H23N4O2+. The number of likely N-dealkylation sites (N-methyl/N-ethyl adjacent to an activating group) is 1. The van der Waals surface area contributed by atoms with E-state index in [4.69, 9.17) is 4.52 Å². The van der Waals surface area contributed by atoms with E-state index in [0.29, 0.717) is 24.8 Å². The van der Waals surface area contributed by atoms with E-state index in [9.17, 15) is 4.79 Å². The number of benzene rings is 1. The van der Waals surface area contributed by atoms with Crippen LogP contribution in [0.25, 0.3) is 11.4 Å². The molecule has 1 aromatic carbocycles. The molecule has 1 heterocycles. The number of hydrogen-bond donors (Lipinski definition) is 2. The first-order valence-corrected chi connectivity index (χ1v) is 7.34. The van der Waals surface area contributed by atoms with E-state index < -0.39 is 0 Å². The van der Waals surface area contributed by atoms with Gasteiger partial charge in [0.15, 0.2) is 13.1 Å². The summed E-state index contributed by atoms with van der Waals surface area (Å²) in [5, 5.41) is 6.92. The maximum atomic E-state index is 11.9. The van der Waals surface area contributed by atoms with Crippen LogP contribution in [-0.2, 0) is 11.3 Å². The van der Waals surface area contributed by atoms with Crippen LogP contribution in [0.2, 0.25) is 0 Å². The lowest BCUT2D eigenvalue weighted by Crippen LogP contribution is -3.09. The van der Waals surface area contributed by atoms with Gasteiger partial charge in [0.2, 0.25) is 5.82 Å². The summed E-state index contributed by atoms with van der Waals surface area (Å²) in [5.74, 6) is 1.11. The van der Waals surface area contributed by atoms with E-state index in [1.165, 1.54) is 0 Å². The zero-order valence-corrected chi connectivity index (χ0v) is 13.5. The van der Waals surface area contributed by atoms with Crippen LogP contribution in [0.3, 0.4) is 0 Å². The van der Waals surface area contributed by atoms with Crippen molar-refractivity contribution in [3.63, 3.8) is 0 Å². The van der Waals surface area contributed by atoms with E-state index in [0.717, 1.165) is 10.5 Å². The standard InChI is InChI=1S/C16H22N4O2/c1-16(2,3)18-13(21)10-20(4)11-14-17-15(19-22-14)12-8-6-5-7-9-12/h5-9H,10-11H2,1-4H3,(H,18,21)/p+1. The molecule has 2 N–H and O–H groups in total. The molecule has 0 bridgehead atoms. The number of nitrogens with zero attached hydrogens (tertiary/aromatic N) is 2. The average molecular weight is 303 g/mol. The topological polar surface area (TPSA) is 72.5 Å². The summed E-state index contributed by atoms with van der Waals surface area (Å²) in [6.45, 7) is 6.76. The number of carbonyl (C=O) groups is 1. The predicted octanol–water partition coefficient (Wildman–Crippen LogP) is 0.666. The Hall–Kier alpha value is -2.21. The Morgan fingerprint density at radius 1 is 1.27 bits per heavy atom. The van der Waals surface area contributed by atoms with Crippen molar-refractivity contribution in [2.45, 2.75) is 32.9 Å². The Labute approximate surface area is 130 Å². The molecule has 0 saturated heterocycles. The van der Waals surface area contributed by atoms with Gasteiger partial charge in [-0.05, 0) is 20.8 Å². The summed E-state index contributed by atoms with van der Waals surface area (Å²) in [4.78, 5) is 17.3. The zero-order valence-electron chi connectivity index (χ0n) is 13.5. The van der Waals surface area contributed by atoms with E-state index in [2.05, 4.69) is 15.5 Å². The van der Waals surface area contributed by atoms with Gasteiger partial charge in [0.05, 0.1) is 7.05 Å². The smallest absolute Gasteiger partial charge is 0.282 e. The third kappa shape index (κ3) is 4.96. The highest BCUT2D eigenvalue weighted by Crippen LogP contribution is 2.14. The Bertz CT molecular complexity index is 617. The fourth-order valence-electron chi connectivity index (χ4n) is 2.09. The molecule has 1 amide bonds. The predicted molar refractivity (Wildman–Crippen MR) is 83.1 cm³/mol. The second kappa shape index (κ2) is 6.70. The Morgan fingerprint density at radius 3 is 2.59 bits per heavy atom. The maximum Gasteiger partial charge on any atom is 0.282 e. The van der Waals surface area contributed by atoms with E-state index in [1.807, 2.05) is 58.2 Å². The van der Waals surface area contributed by atoms with Crippen molar-refractivity contribution in [2.75, 3.05) is 13.6 Å². The molecule has 0 spiro atoms. The van der Waals surface area contributed by atoms with Gasteiger partial charge in [-0.1, -0.05) is 35.5 Å². The third-order valence-corrected chi connectivity index (χ3v) is 2.93. The molecule has 1 unspecified atom stereocenters. The van der Waals surface area contributed by atoms with Gasteiger partial charge in [0.1, 0.15) is 0 Å². The SMILES string of the molecule is C[NH+](CC(=O)NC(C)(C)C)Cc1nc(-c2ccccc2)no1. The average Bonchev–Trinajstić information content (AvgIpc) is 2.85. The summed E-state index contributed by atoms with van der Waals surface area (Å²) >= 11 is 0. The highest BCUT2D eigenvalue weighted by atomic mass is 16.5. The fraction of sp³-hybridized carbons (Fsp3) is 0.438. The Morgan fingerprint density at radius 2 is 1.95 bits per heavy atom. The van der Waals surface area contributed by atoms with Crippen molar-refractivity contribution < 1.29 is 14.2 Å². The highest BCUT2D eigenvalue weighted by molar-refractivity contribution is 5.77. The zero-order chi connectivity index (χ0) is 16.2. The molecule has 1 atom stereocenters. The van der Waals surface area contributed by atoms with Gasteiger partial charge in [-0.15, -0.1) is 0 Å². The highest BCUT2D eigenvalue weighted by Gasteiger charge is 2.19. The van der Waals surface area contributed by atoms with Crippen molar-refractivity contribution in [3.05, 3.63) is 36.2 Å². The summed E-state index contributed by atoms with van der Waals surface area (Å²) < 4.78 is 5.26. The molecule has 0 fully saturated rings. The van der Waals surface area contributed by atoms with Gasteiger partial charge in [-0.25, -0.2) is 0 Å². The molecule has 0 aliphatic heterocycles. The van der Waals surface area contributed by atoms with E-state index in [-0.39, 0.29) is 11.4 Å². The molecule has 0 saturated carbocycles. The minimum atomic E-state index is -0.220. The van der Waals surface area contributed by atoms with Crippen molar-refractivity contribution in [1.29, 1.82) is 0 Å². The van der Waals surface area contributed by atoms with Crippen molar-refractivity contribution >= 4 is 5.91 Å². The van der Waals surface area contributed by atoms with Crippen LogP contribution in [0.1, 0.15) is 26.7 Å². The molecule has 2 aromatic rings. The number of rotatable bonds is 5. The van der Waals surface area contributed by atoms with Gasteiger partial charge < -0.3 is 14.7 Å². The molecule has 6 heteroatoms. The van der Waals surface area contributed by atoms with Crippen molar-refractivity contribution in [2.24, 2.45) is 0 Å². The molecule has 22 heavy (non-hydrogen) atoms. The second-order valence-corrected chi connectivity index (χ2v) is 6.49. The van der Waals surface area contributed by atoms with Crippen molar-refractivity contribution in [3.8, 4) is 11.4 Å². The van der Waals surface area contributed by atoms with Crippen LogP contribution >= 0.6 is 0 Å². The molecule has 0 aliphatic rings. The van der Waals surface area contributed by atoms with Crippen LogP contribution in [0.15, 0.2) is 34.9 Å². The monoisotopic (exact) mass is 303 g/mol. The van der Waals surface area contributed by atoms with Crippen LogP contribution in [-0.4, -0.2) is 35.2 Å². The Balaban J connectivity index is 1.91. The van der Waals surface area contributed by atoms with E-state index in [1.54, 1.807) is 0 Å². The molecule has 1 aromatic heterocycles. The molecule has 6 nitrogen and oxygen atoms in total. The van der Waals surface area contributed by atoms with Crippen molar-refractivity contribution in [1.82, 2.24) is 15.5 Å². The normalized spacial score (nSPS) is 12.9.